The Hall–Kier alpha value is 0.120. The predicted octanol–water partition coefficient (Wildman–Crippen LogP) is 5.72. The number of rotatable bonds is 2. The molecule has 0 amide bonds. The molecule has 2 fully saturated rings. The summed E-state index contributed by atoms with van der Waals surface area (Å²) in [6.45, 7) is 0. The number of hydrogen-bond acceptors (Lipinski definition) is 2. The van der Waals surface area contributed by atoms with Gasteiger partial charge in [-0.15, -0.1) is 0 Å². The normalized spacial score (nSPS) is 32.9. The van der Waals surface area contributed by atoms with Crippen LogP contribution in [0.4, 0.5) is 0 Å². The van der Waals surface area contributed by atoms with Crippen molar-refractivity contribution in [2.24, 2.45) is 0 Å². The predicted molar refractivity (Wildman–Crippen MR) is 90.4 cm³/mol. The lowest BCUT2D eigenvalue weighted by molar-refractivity contribution is 0.108. The van der Waals surface area contributed by atoms with Gasteiger partial charge >= 0.3 is 0 Å². The summed E-state index contributed by atoms with van der Waals surface area (Å²) >= 11 is 18.5. The van der Waals surface area contributed by atoms with E-state index in [4.69, 9.17) is 35.0 Å². The fourth-order valence-corrected chi connectivity index (χ4v) is 9.99. The van der Waals surface area contributed by atoms with Gasteiger partial charge in [-0.05, 0) is 49.1 Å². The van der Waals surface area contributed by atoms with Crippen molar-refractivity contribution in [2.75, 3.05) is 0 Å². The molecule has 0 radical (unpaired) electrons. The molecular formula is C15H17Cl2OPS. The van der Waals surface area contributed by atoms with E-state index < -0.39 is 6.04 Å². The summed E-state index contributed by atoms with van der Waals surface area (Å²) in [5, 5.41) is 0.908. The van der Waals surface area contributed by atoms with Crippen molar-refractivity contribution in [1.82, 2.24) is 0 Å². The minimum atomic E-state index is -2.07. The SMILES string of the molecule is O=C(c1c(Cl)cccc1Cl)P1(=S)C2CCCCC1CC2. The van der Waals surface area contributed by atoms with Crippen LogP contribution < -0.4 is 0 Å². The van der Waals surface area contributed by atoms with Crippen LogP contribution in [-0.2, 0) is 11.8 Å². The maximum atomic E-state index is 13.2. The molecule has 0 aromatic heterocycles. The zero-order valence-electron chi connectivity index (χ0n) is 11.1. The van der Waals surface area contributed by atoms with Crippen LogP contribution in [-0.4, -0.2) is 16.8 Å². The van der Waals surface area contributed by atoms with Crippen LogP contribution in [0.15, 0.2) is 18.2 Å². The van der Waals surface area contributed by atoms with Crippen LogP contribution in [0.2, 0.25) is 10.0 Å². The topological polar surface area (TPSA) is 17.1 Å². The van der Waals surface area contributed by atoms with Crippen LogP contribution in [0.3, 0.4) is 0 Å². The average Bonchev–Trinajstić information content (AvgIpc) is 2.59. The van der Waals surface area contributed by atoms with Crippen LogP contribution in [0, 0.1) is 0 Å². The van der Waals surface area contributed by atoms with Crippen molar-refractivity contribution in [3.63, 3.8) is 0 Å². The van der Waals surface area contributed by atoms with Gasteiger partial charge in [0.15, 0.2) is 5.52 Å². The van der Waals surface area contributed by atoms with Gasteiger partial charge < -0.3 is 0 Å². The summed E-state index contributed by atoms with van der Waals surface area (Å²) in [5.74, 6) is 0. The van der Waals surface area contributed by atoms with E-state index in [0.29, 0.717) is 26.9 Å². The highest BCUT2D eigenvalue weighted by Crippen LogP contribution is 2.69. The third kappa shape index (κ3) is 2.29. The largest absolute Gasteiger partial charge is 0.288 e. The van der Waals surface area contributed by atoms with Gasteiger partial charge in [-0.2, -0.15) is 0 Å². The Kier molecular flexibility index (Phi) is 4.30. The number of fused-ring (bicyclic) bond motifs is 2. The first-order valence-corrected chi connectivity index (χ1v) is 10.8. The molecule has 0 aliphatic carbocycles. The van der Waals surface area contributed by atoms with E-state index in [2.05, 4.69) is 0 Å². The molecular weight excluding hydrogens is 330 g/mol. The third-order valence-electron chi connectivity index (χ3n) is 4.74. The summed E-state index contributed by atoms with van der Waals surface area (Å²) < 4.78 is 0. The molecule has 2 unspecified atom stereocenters. The Morgan fingerprint density at radius 3 is 2.05 bits per heavy atom. The highest BCUT2D eigenvalue weighted by molar-refractivity contribution is 8.23. The molecule has 2 saturated heterocycles. The summed E-state index contributed by atoms with van der Waals surface area (Å²) in [6, 6.07) is 3.18. The van der Waals surface area contributed by atoms with Crippen molar-refractivity contribution in [3.8, 4) is 0 Å². The monoisotopic (exact) mass is 346 g/mol. The number of hydrogen-bond donors (Lipinski definition) is 0. The maximum absolute atomic E-state index is 13.2. The number of benzene rings is 1. The zero-order chi connectivity index (χ0) is 14.3. The van der Waals surface area contributed by atoms with E-state index in [1.807, 2.05) is 0 Å². The van der Waals surface area contributed by atoms with Crippen molar-refractivity contribution < 1.29 is 4.79 Å². The fourth-order valence-electron chi connectivity index (χ4n) is 3.71. The smallest absolute Gasteiger partial charge is 0.197 e. The van der Waals surface area contributed by atoms with E-state index in [1.165, 1.54) is 12.8 Å². The Morgan fingerprint density at radius 1 is 1.05 bits per heavy atom. The standard InChI is InChI=1S/C15H17Cl2OPS/c16-12-6-3-7-13(17)14(12)15(18)19(20)10-4-1-2-5-11(19)9-8-10/h3,6-7,10-11H,1-2,4-5,8-9H2. The first-order valence-electron chi connectivity index (χ1n) is 7.13. The Morgan fingerprint density at radius 2 is 1.55 bits per heavy atom. The zero-order valence-corrected chi connectivity index (χ0v) is 14.4. The minimum Gasteiger partial charge on any atom is -0.288 e. The first kappa shape index (κ1) is 15.0. The molecule has 5 heteroatoms. The van der Waals surface area contributed by atoms with Crippen molar-refractivity contribution in [3.05, 3.63) is 33.8 Å². The highest BCUT2D eigenvalue weighted by atomic mass is 35.5. The minimum absolute atomic E-state index is 0.0949. The lowest BCUT2D eigenvalue weighted by atomic mass is 10.0. The van der Waals surface area contributed by atoms with Crippen LogP contribution >= 0.6 is 29.2 Å². The second kappa shape index (κ2) is 5.72. The second-order valence-electron chi connectivity index (χ2n) is 5.78. The molecule has 2 bridgehead atoms. The summed E-state index contributed by atoms with van der Waals surface area (Å²) in [6.07, 6.45) is 6.89. The number of carbonyl (C=O) groups is 1. The maximum Gasteiger partial charge on any atom is 0.197 e. The summed E-state index contributed by atoms with van der Waals surface area (Å²) in [5.41, 5.74) is 1.42. The summed E-state index contributed by atoms with van der Waals surface area (Å²) in [7, 11) is 0. The quantitative estimate of drug-likeness (QED) is 0.637. The molecule has 2 atom stereocenters. The molecule has 0 saturated carbocycles. The van der Waals surface area contributed by atoms with Gasteiger partial charge in [0.1, 0.15) is 0 Å². The van der Waals surface area contributed by atoms with Gasteiger partial charge in [0.05, 0.1) is 15.6 Å². The van der Waals surface area contributed by atoms with Gasteiger partial charge in [0.2, 0.25) is 0 Å². The van der Waals surface area contributed by atoms with Gasteiger partial charge in [-0.1, -0.05) is 53.9 Å². The molecule has 1 aromatic carbocycles. The number of carbonyl (C=O) groups excluding carboxylic acids is 1. The van der Waals surface area contributed by atoms with Gasteiger partial charge in [0.25, 0.3) is 0 Å². The van der Waals surface area contributed by atoms with Gasteiger partial charge in [0, 0.05) is 6.04 Å². The molecule has 0 N–H and O–H groups in total. The first-order chi connectivity index (χ1) is 9.55. The highest BCUT2D eigenvalue weighted by Gasteiger charge is 2.48. The second-order valence-corrected chi connectivity index (χ2v) is 11.7. The molecule has 2 aliphatic rings. The molecule has 1 nitrogen and oxygen atoms in total. The van der Waals surface area contributed by atoms with E-state index in [9.17, 15) is 4.79 Å². The van der Waals surface area contributed by atoms with Crippen LogP contribution in [0.1, 0.15) is 48.9 Å². The average molecular weight is 347 g/mol. The Labute approximate surface area is 135 Å². The molecule has 20 heavy (non-hydrogen) atoms. The molecule has 0 spiro atoms. The Bertz CT molecular complexity index is 563. The van der Waals surface area contributed by atoms with Crippen molar-refractivity contribution in [1.29, 1.82) is 0 Å². The van der Waals surface area contributed by atoms with E-state index in [1.54, 1.807) is 18.2 Å². The van der Waals surface area contributed by atoms with E-state index in [-0.39, 0.29) is 5.52 Å². The van der Waals surface area contributed by atoms with E-state index >= 15 is 0 Å². The van der Waals surface area contributed by atoms with Gasteiger partial charge in [-0.25, -0.2) is 0 Å². The molecule has 2 aliphatic heterocycles. The van der Waals surface area contributed by atoms with Crippen LogP contribution in [0.25, 0.3) is 0 Å². The lowest BCUT2D eigenvalue weighted by Crippen LogP contribution is -2.15. The summed E-state index contributed by atoms with van der Waals surface area (Å²) in [4.78, 5) is 13.2. The van der Waals surface area contributed by atoms with E-state index in [0.717, 1.165) is 25.7 Å². The third-order valence-corrected chi connectivity index (χ3v) is 11.7. The molecule has 3 rings (SSSR count). The van der Waals surface area contributed by atoms with Gasteiger partial charge in [-0.3, -0.25) is 4.79 Å². The molecule has 1 aromatic rings. The molecule has 108 valence electrons. The van der Waals surface area contributed by atoms with Crippen molar-refractivity contribution >= 4 is 46.6 Å². The van der Waals surface area contributed by atoms with Crippen molar-refractivity contribution in [2.45, 2.75) is 49.8 Å². The Balaban J connectivity index is 2.07. The number of halogens is 2. The van der Waals surface area contributed by atoms with Crippen LogP contribution in [0.5, 0.6) is 0 Å². The fraction of sp³-hybridized carbons (Fsp3) is 0.533. The lowest BCUT2D eigenvalue weighted by Gasteiger charge is -2.26. The molecule has 2 heterocycles.